The molecule has 1 aliphatic rings. The molecule has 0 bridgehead atoms. The first-order valence-corrected chi connectivity index (χ1v) is 9.21. The van der Waals surface area contributed by atoms with Gasteiger partial charge in [0, 0.05) is 34.1 Å². The number of aromatic nitrogens is 2. The molecule has 0 saturated heterocycles. The fraction of sp³-hybridized carbons (Fsp3) is 0.227. The Morgan fingerprint density at radius 3 is 2.64 bits per heavy atom. The third kappa shape index (κ3) is 2.52. The van der Waals surface area contributed by atoms with Gasteiger partial charge < -0.3 is 4.57 Å². The first-order chi connectivity index (χ1) is 12.2. The average molecular weight is 347 g/mol. The molecule has 2 nitrogen and oxygen atoms in total. The van der Waals surface area contributed by atoms with Crippen molar-refractivity contribution in [3.05, 3.63) is 65.4 Å². The molecule has 2 aromatic heterocycles. The van der Waals surface area contributed by atoms with Crippen LogP contribution in [0.4, 0.5) is 0 Å². The highest BCUT2D eigenvalue weighted by molar-refractivity contribution is 6.32. The topological polar surface area (TPSA) is 17.8 Å². The Kier molecular flexibility index (Phi) is 3.36. The van der Waals surface area contributed by atoms with Gasteiger partial charge in [-0.2, -0.15) is 0 Å². The molecule has 0 N–H and O–H groups in total. The highest BCUT2D eigenvalue weighted by atomic mass is 35.5. The highest BCUT2D eigenvalue weighted by Gasteiger charge is 2.25. The van der Waals surface area contributed by atoms with Gasteiger partial charge >= 0.3 is 0 Å². The van der Waals surface area contributed by atoms with Crippen LogP contribution in [-0.2, 0) is 6.54 Å². The quantitative estimate of drug-likeness (QED) is 0.430. The van der Waals surface area contributed by atoms with E-state index in [1.807, 2.05) is 12.4 Å². The van der Waals surface area contributed by atoms with Crippen LogP contribution in [0.2, 0.25) is 5.02 Å². The zero-order chi connectivity index (χ0) is 17.0. The molecule has 1 aliphatic carbocycles. The van der Waals surface area contributed by atoms with Crippen LogP contribution in [0.3, 0.4) is 0 Å². The van der Waals surface area contributed by atoms with Crippen LogP contribution in [0, 0.1) is 12.8 Å². The van der Waals surface area contributed by atoms with E-state index in [-0.39, 0.29) is 0 Å². The maximum atomic E-state index is 6.51. The number of pyridine rings is 1. The van der Waals surface area contributed by atoms with Gasteiger partial charge in [-0.15, -0.1) is 0 Å². The number of rotatable bonds is 3. The van der Waals surface area contributed by atoms with Crippen LogP contribution < -0.4 is 0 Å². The molecule has 0 amide bonds. The van der Waals surface area contributed by atoms with Gasteiger partial charge in [-0.1, -0.05) is 41.4 Å². The Balaban J connectivity index is 1.89. The van der Waals surface area contributed by atoms with Gasteiger partial charge in [0.25, 0.3) is 0 Å². The van der Waals surface area contributed by atoms with Gasteiger partial charge in [0.2, 0.25) is 0 Å². The van der Waals surface area contributed by atoms with E-state index in [1.165, 1.54) is 51.3 Å². The van der Waals surface area contributed by atoms with E-state index < -0.39 is 0 Å². The maximum absolute atomic E-state index is 6.51. The molecule has 0 spiro atoms. The summed E-state index contributed by atoms with van der Waals surface area (Å²) in [4.78, 5) is 4.38. The molecule has 2 aromatic carbocycles. The monoisotopic (exact) mass is 346 g/mol. The molecule has 0 radical (unpaired) electrons. The Hall–Kier alpha value is -2.32. The first-order valence-electron chi connectivity index (χ1n) is 8.83. The summed E-state index contributed by atoms with van der Waals surface area (Å²) in [7, 11) is 0. The second kappa shape index (κ2) is 5.60. The second-order valence-corrected chi connectivity index (χ2v) is 7.60. The summed E-state index contributed by atoms with van der Waals surface area (Å²) in [6.45, 7) is 3.18. The number of halogens is 1. The molecule has 0 aliphatic heterocycles. The standard InChI is InChI=1S/C22H19ClN2/c1-14-2-6-16(7-3-14)19-10-17(23)11-20-18-8-9-24-12-21(18)25(22(19)20)13-15-4-5-15/h2-3,6-12,15H,4-5,13H2,1H3. The van der Waals surface area contributed by atoms with Crippen molar-refractivity contribution in [2.75, 3.05) is 0 Å². The lowest BCUT2D eigenvalue weighted by Gasteiger charge is -2.11. The summed E-state index contributed by atoms with van der Waals surface area (Å²) in [6, 6.07) is 15.0. The molecule has 2 heterocycles. The molecule has 25 heavy (non-hydrogen) atoms. The summed E-state index contributed by atoms with van der Waals surface area (Å²) in [5.74, 6) is 0.792. The van der Waals surface area contributed by atoms with Crippen LogP contribution in [0.1, 0.15) is 18.4 Å². The lowest BCUT2D eigenvalue weighted by Crippen LogP contribution is -2.00. The molecule has 0 unspecified atom stereocenters. The predicted octanol–water partition coefficient (Wildman–Crippen LogP) is 6.23. The van der Waals surface area contributed by atoms with Crippen LogP contribution >= 0.6 is 11.6 Å². The van der Waals surface area contributed by atoms with E-state index >= 15 is 0 Å². The van der Waals surface area contributed by atoms with Crippen molar-refractivity contribution in [2.45, 2.75) is 26.3 Å². The minimum atomic E-state index is 0.783. The van der Waals surface area contributed by atoms with Crippen molar-refractivity contribution in [2.24, 2.45) is 5.92 Å². The van der Waals surface area contributed by atoms with Gasteiger partial charge in [0.05, 0.1) is 17.2 Å². The fourth-order valence-corrected chi connectivity index (χ4v) is 3.96. The largest absolute Gasteiger partial charge is 0.338 e. The molecule has 1 saturated carbocycles. The van der Waals surface area contributed by atoms with Crippen molar-refractivity contribution in [1.82, 2.24) is 9.55 Å². The lowest BCUT2D eigenvalue weighted by atomic mass is 10.0. The van der Waals surface area contributed by atoms with Gasteiger partial charge in [-0.05, 0) is 49.4 Å². The number of benzene rings is 2. The van der Waals surface area contributed by atoms with E-state index in [2.05, 4.69) is 58.9 Å². The van der Waals surface area contributed by atoms with Crippen molar-refractivity contribution in [1.29, 1.82) is 0 Å². The number of fused-ring (bicyclic) bond motifs is 3. The van der Waals surface area contributed by atoms with Gasteiger partial charge in [-0.25, -0.2) is 0 Å². The number of aryl methyl sites for hydroxylation is 1. The number of hydrogen-bond acceptors (Lipinski definition) is 1. The molecule has 5 rings (SSSR count). The molecule has 3 heteroatoms. The van der Waals surface area contributed by atoms with E-state index in [4.69, 9.17) is 11.6 Å². The van der Waals surface area contributed by atoms with Crippen molar-refractivity contribution >= 4 is 33.4 Å². The zero-order valence-corrected chi connectivity index (χ0v) is 14.9. The molecular weight excluding hydrogens is 328 g/mol. The summed E-state index contributed by atoms with van der Waals surface area (Å²) >= 11 is 6.51. The minimum Gasteiger partial charge on any atom is -0.338 e. The molecule has 0 atom stereocenters. The minimum absolute atomic E-state index is 0.783. The third-order valence-electron chi connectivity index (χ3n) is 5.23. The van der Waals surface area contributed by atoms with Crippen molar-refractivity contribution < 1.29 is 0 Å². The van der Waals surface area contributed by atoms with E-state index in [0.717, 1.165) is 17.5 Å². The molecule has 124 valence electrons. The Labute approximate surface area is 152 Å². The van der Waals surface area contributed by atoms with E-state index in [0.29, 0.717) is 0 Å². The van der Waals surface area contributed by atoms with Gasteiger partial charge in [0.15, 0.2) is 0 Å². The third-order valence-corrected chi connectivity index (χ3v) is 5.44. The Morgan fingerprint density at radius 1 is 1.08 bits per heavy atom. The van der Waals surface area contributed by atoms with Crippen LogP contribution in [0.15, 0.2) is 54.9 Å². The van der Waals surface area contributed by atoms with Crippen LogP contribution in [0.25, 0.3) is 32.9 Å². The smallest absolute Gasteiger partial charge is 0.0678 e. The summed E-state index contributed by atoms with van der Waals surface area (Å²) in [6.07, 6.45) is 6.52. The SMILES string of the molecule is Cc1ccc(-c2cc(Cl)cc3c4ccncc4n(CC4CC4)c23)cc1. The molecule has 1 fully saturated rings. The summed E-state index contributed by atoms with van der Waals surface area (Å²) in [5.41, 5.74) is 6.18. The second-order valence-electron chi connectivity index (χ2n) is 7.16. The Morgan fingerprint density at radius 2 is 1.88 bits per heavy atom. The lowest BCUT2D eigenvalue weighted by molar-refractivity contribution is 0.664. The summed E-state index contributed by atoms with van der Waals surface area (Å²) in [5, 5.41) is 3.24. The fourth-order valence-electron chi connectivity index (χ4n) is 3.75. The van der Waals surface area contributed by atoms with Crippen molar-refractivity contribution in [3.63, 3.8) is 0 Å². The zero-order valence-electron chi connectivity index (χ0n) is 14.2. The van der Waals surface area contributed by atoms with Crippen molar-refractivity contribution in [3.8, 4) is 11.1 Å². The normalized spacial score (nSPS) is 14.5. The number of hydrogen-bond donors (Lipinski definition) is 0. The average Bonchev–Trinajstić information content (AvgIpc) is 3.39. The maximum Gasteiger partial charge on any atom is 0.0678 e. The first kappa shape index (κ1) is 15.0. The van der Waals surface area contributed by atoms with Crippen LogP contribution in [-0.4, -0.2) is 9.55 Å². The van der Waals surface area contributed by atoms with Gasteiger partial charge in [0.1, 0.15) is 0 Å². The van der Waals surface area contributed by atoms with Crippen LogP contribution in [0.5, 0.6) is 0 Å². The Bertz CT molecular complexity index is 1090. The van der Waals surface area contributed by atoms with Gasteiger partial charge in [-0.3, -0.25) is 4.98 Å². The summed E-state index contributed by atoms with van der Waals surface area (Å²) < 4.78 is 2.46. The van der Waals surface area contributed by atoms with E-state index in [9.17, 15) is 0 Å². The number of nitrogens with zero attached hydrogens (tertiary/aromatic N) is 2. The van der Waals surface area contributed by atoms with E-state index in [1.54, 1.807) is 0 Å². The highest BCUT2D eigenvalue weighted by Crippen LogP contribution is 2.40. The molecular formula is C22H19ClN2. The molecule has 4 aromatic rings. The predicted molar refractivity (Wildman–Crippen MR) is 105 cm³/mol.